The first-order valence-electron chi connectivity index (χ1n) is 18.2. The van der Waals surface area contributed by atoms with Crippen LogP contribution in [0.5, 0.6) is 5.75 Å². The molecule has 1 aromatic rings. The summed E-state index contributed by atoms with van der Waals surface area (Å²) in [6.45, 7) is 8.62. The van der Waals surface area contributed by atoms with Crippen molar-refractivity contribution in [3.05, 3.63) is 29.3 Å². The van der Waals surface area contributed by atoms with Crippen molar-refractivity contribution in [1.82, 2.24) is 0 Å². The molecule has 48 heavy (non-hydrogen) atoms. The summed E-state index contributed by atoms with van der Waals surface area (Å²) in [4.78, 5) is 0. The second-order valence-corrected chi connectivity index (χ2v) is 12.9. The molecule has 0 fully saturated rings. The molecule has 0 spiro atoms. The van der Waals surface area contributed by atoms with Crippen molar-refractivity contribution in [2.45, 2.75) is 117 Å². The van der Waals surface area contributed by atoms with Gasteiger partial charge in [-0.15, -0.1) is 0 Å². The van der Waals surface area contributed by atoms with Gasteiger partial charge in [0.15, 0.2) is 0 Å². The van der Waals surface area contributed by atoms with Crippen molar-refractivity contribution in [3.8, 4) is 5.75 Å². The largest absolute Gasteiger partial charge is 1.00 e. The van der Waals surface area contributed by atoms with E-state index in [2.05, 4.69) is 36.2 Å². The first kappa shape index (κ1) is 47.7. The van der Waals surface area contributed by atoms with E-state index >= 15 is 0 Å². The fourth-order valence-corrected chi connectivity index (χ4v) is 5.34. The maximum absolute atomic E-state index is 10.3. The van der Waals surface area contributed by atoms with Crippen LogP contribution in [0.2, 0.25) is 0 Å². The summed E-state index contributed by atoms with van der Waals surface area (Å²) in [5, 5.41) is 0. The van der Waals surface area contributed by atoms with E-state index in [1.54, 1.807) is 0 Å². The molecular weight excluding hydrogens is 647 g/mol. The summed E-state index contributed by atoms with van der Waals surface area (Å²) in [6, 6.07) is 6.79. The van der Waals surface area contributed by atoms with E-state index < -0.39 is 10.4 Å². The molecule has 10 nitrogen and oxygen atoms in total. The number of ether oxygens (including phenoxy) is 6. The molecule has 12 heteroatoms. The Morgan fingerprint density at radius 2 is 0.917 bits per heavy atom. The van der Waals surface area contributed by atoms with Crippen LogP contribution in [0.25, 0.3) is 0 Å². The van der Waals surface area contributed by atoms with Crippen molar-refractivity contribution in [2.24, 2.45) is 0 Å². The average molecular weight is 713 g/mol. The zero-order valence-electron chi connectivity index (χ0n) is 30.5. The van der Waals surface area contributed by atoms with Gasteiger partial charge < -0.3 is 33.0 Å². The number of rotatable bonds is 36. The maximum atomic E-state index is 10.3. The quantitative estimate of drug-likeness (QED) is 0.0433. The van der Waals surface area contributed by atoms with Gasteiger partial charge in [-0.2, -0.15) is 0 Å². The number of hydrogen-bond donors (Lipinski definition) is 0. The molecule has 0 radical (unpaired) electrons. The molecule has 0 amide bonds. The third kappa shape index (κ3) is 31.7. The van der Waals surface area contributed by atoms with Crippen molar-refractivity contribution in [3.63, 3.8) is 0 Å². The zero-order chi connectivity index (χ0) is 34.1. The Labute approximate surface area is 314 Å². The molecule has 0 saturated carbocycles. The predicted molar refractivity (Wildman–Crippen MR) is 185 cm³/mol. The Kier molecular flexibility index (Phi) is 34.9. The summed E-state index contributed by atoms with van der Waals surface area (Å²) in [7, 11) is -4.67. The summed E-state index contributed by atoms with van der Waals surface area (Å²) < 4.78 is 68.2. The number of unbranched alkanes of at least 4 members (excludes halogenated alkanes) is 12. The molecule has 0 atom stereocenters. The van der Waals surface area contributed by atoms with Crippen LogP contribution in [0.1, 0.15) is 115 Å². The van der Waals surface area contributed by atoms with Crippen LogP contribution >= 0.6 is 0 Å². The van der Waals surface area contributed by atoms with Gasteiger partial charge in [0.25, 0.3) is 0 Å². The fraction of sp³-hybridized carbons (Fsp3) is 0.833. The van der Waals surface area contributed by atoms with Crippen LogP contribution in [0.3, 0.4) is 0 Å². The van der Waals surface area contributed by atoms with E-state index in [0.29, 0.717) is 59.5 Å². The first-order valence-corrected chi connectivity index (χ1v) is 19.5. The number of benzene rings is 1. The molecule has 0 aliphatic rings. The van der Waals surface area contributed by atoms with Gasteiger partial charge in [0, 0.05) is 0 Å². The van der Waals surface area contributed by atoms with Crippen LogP contribution in [0, 0.1) is 0 Å². The van der Waals surface area contributed by atoms with Gasteiger partial charge in [-0.3, -0.25) is 4.18 Å². The van der Waals surface area contributed by atoms with Crippen LogP contribution in [-0.2, 0) is 51.1 Å². The Morgan fingerprint density at radius 1 is 0.521 bits per heavy atom. The van der Waals surface area contributed by atoms with E-state index in [9.17, 15) is 13.0 Å². The van der Waals surface area contributed by atoms with Crippen molar-refractivity contribution in [2.75, 3.05) is 79.3 Å². The van der Waals surface area contributed by atoms with Gasteiger partial charge >= 0.3 is 29.6 Å². The van der Waals surface area contributed by atoms with Gasteiger partial charge in [-0.1, -0.05) is 103 Å². The van der Waals surface area contributed by atoms with Gasteiger partial charge in [-0.05, 0) is 42.9 Å². The normalized spacial score (nSPS) is 11.6. The fourth-order valence-electron chi connectivity index (χ4n) is 5.07. The van der Waals surface area contributed by atoms with Crippen molar-refractivity contribution < 1.29 is 75.1 Å². The standard InChI is InChI=1S/C36H66O10S.Na/c1-3-5-7-9-11-13-15-17-34-19-20-36(35(33-34)18-16-14-12-10-8-6-4-2)45-31-29-43-27-25-41-23-21-40-22-24-42-26-28-44-30-32-46-47(37,38)39;/h19-20,33H,3-18,21-32H2,1-2H3,(H,37,38,39);/q;+1/p-1. The third-order valence-electron chi connectivity index (χ3n) is 7.67. The van der Waals surface area contributed by atoms with Crippen LogP contribution in [0.4, 0.5) is 0 Å². The topological polar surface area (TPSA) is 122 Å². The third-order valence-corrected chi connectivity index (χ3v) is 8.13. The van der Waals surface area contributed by atoms with Crippen LogP contribution < -0.4 is 34.3 Å². The minimum atomic E-state index is -4.67. The van der Waals surface area contributed by atoms with E-state index in [1.807, 2.05) is 0 Å². The molecule has 1 aromatic carbocycles. The van der Waals surface area contributed by atoms with E-state index in [1.165, 1.54) is 101 Å². The average Bonchev–Trinajstić information content (AvgIpc) is 3.05. The maximum Gasteiger partial charge on any atom is 1.00 e. The Balaban J connectivity index is 0.0000221. The summed E-state index contributed by atoms with van der Waals surface area (Å²) in [6.07, 6.45) is 20.7. The second kappa shape index (κ2) is 35.1. The Hall–Kier alpha value is -0.310. The Bertz CT molecular complexity index is 935. The van der Waals surface area contributed by atoms with Crippen molar-refractivity contribution in [1.29, 1.82) is 0 Å². The predicted octanol–water partition coefficient (Wildman–Crippen LogP) is 4.22. The SMILES string of the molecule is CCCCCCCCCc1ccc(OCCOCCOCCOCCOCCOCCOS(=O)(=O)[O-])c(CCCCCCCCC)c1.[Na+]. The first-order chi connectivity index (χ1) is 23.0. The zero-order valence-corrected chi connectivity index (χ0v) is 33.3. The summed E-state index contributed by atoms with van der Waals surface area (Å²) in [5.41, 5.74) is 2.77. The Morgan fingerprint density at radius 3 is 1.38 bits per heavy atom. The van der Waals surface area contributed by atoms with Gasteiger partial charge in [0.2, 0.25) is 10.4 Å². The van der Waals surface area contributed by atoms with Gasteiger partial charge in [-0.25, -0.2) is 8.42 Å². The minimum Gasteiger partial charge on any atom is -0.726 e. The summed E-state index contributed by atoms with van der Waals surface area (Å²) >= 11 is 0. The number of aryl methyl sites for hydroxylation is 2. The molecule has 276 valence electrons. The molecule has 1 rings (SSSR count). The van der Waals surface area contributed by atoms with Gasteiger partial charge in [0.05, 0.1) is 72.7 Å². The molecular formula is C36H65NaO10S. The molecule has 0 saturated heterocycles. The summed E-state index contributed by atoms with van der Waals surface area (Å²) in [5.74, 6) is 0.996. The van der Waals surface area contributed by atoms with Crippen molar-refractivity contribution >= 4 is 10.4 Å². The molecule has 0 aliphatic carbocycles. The monoisotopic (exact) mass is 712 g/mol. The van der Waals surface area contributed by atoms with Gasteiger partial charge in [0.1, 0.15) is 12.4 Å². The molecule has 0 N–H and O–H groups in total. The van der Waals surface area contributed by atoms with Crippen LogP contribution in [0.15, 0.2) is 18.2 Å². The smallest absolute Gasteiger partial charge is 0.726 e. The minimum absolute atomic E-state index is 0. The molecule has 0 unspecified atom stereocenters. The molecule has 0 bridgehead atoms. The molecule has 0 aliphatic heterocycles. The number of hydrogen-bond acceptors (Lipinski definition) is 10. The van der Waals surface area contributed by atoms with E-state index in [0.717, 1.165) is 18.6 Å². The van der Waals surface area contributed by atoms with Crippen LogP contribution in [-0.4, -0.2) is 92.3 Å². The molecule has 0 heterocycles. The van der Waals surface area contributed by atoms with E-state index in [-0.39, 0.29) is 49.4 Å². The van der Waals surface area contributed by atoms with E-state index in [4.69, 9.17) is 28.4 Å². The second-order valence-electron chi connectivity index (χ2n) is 11.8. The molecule has 0 aromatic heterocycles.